The second-order valence-corrected chi connectivity index (χ2v) is 3.51. The smallest absolute Gasteiger partial charge is 0.182 e. The molecule has 1 aromatic rings. The summed E-state index contributed by atoms with van der Waals surface area (Å²) in [5.41, 5.74) is 2.15. The lowest BCUT2D eigenvalue weighted by molar-refractivity contribution is 0.349. The second-order valence-electron chi connectivity index (χ2n) is 3.51. The maximum absolute atomic E-state index is 11.4. The normalized spacial score (nSPS) is 10.3. The van der Waals surface area contributed by atoms with Gasteiger partial charge >= 0.3 is 0 Å². The molecular weight excluding hydrogens is 160 g/mol. The average molecular weight is 177 g/mol. The summed E-state index contributed by atoms with van der Waals surface area (Å²) in [7, 11) is 0. The molecule has 0 amide bonds. The van der Waals surface area contributed by atoms with E-state index in [4.69, 9.17) is 0 Å². The van der Waals surface area contributed by atoms with Gasteiger partial charge in [-0.05, 0) is 31.4 Å². The van der Waals surface area contributed by atoms with Crippen LogP contribution in [0, 0.1) is 6.92 Å². The highest BCUT2D eigenvalue weighted by molar-refractivity contribution is 5.38. The Bertz CT molecular complexity index is 246. The standard InChI is InChI=1S/C12H17O/c1-3-4-5-8-11-10(2)7-6-9-12(11)13/h6-7,9H,3-5,8H2,1-2H3. The third kappa shape index (κ3) is 2.76. The third-order valence-corrected chi connectivity index (χ3v) is 2.40. The van der Waals surface area contributed by atoms with Gasteiger partial charge in [0.15, 0.2) is 5.75 Å². The summed E-state index contributed by atoms with van der Waals surface area (Å²) >= 11 is 0. The first-order valence-corrected chi connectivity index (χ1v) is 5.01. The molecule has 0 N–H and O–H groups in total. The minimum absolute atomic E-state index is 0.205. The van der Waals surface area contributed by atoms with Crippen LogP contribution in [-0.4, -0.2) is 0 Å². The van der Waals surface area contributed by atoms with Gasteiger partial charge in [0.1, 0.15) is 0 Å². The Morgan fingerprint density at radius 3 is 2.62 bits per heavy atom. The summed E-state index contributed by atoms with van der Waals surface area (Å²) in [5.74, 6) is 0.205. The van der Waals surface area contributed by atoms with Gasteiger partial charge in [0.2, 0.25) is 0 Å². The molecule has 0 heterocycles. The molecule has 0 bridgehead atoms. The number of benzene rings is 1. The Morgan fingerprint density at radius 1 is 1.23 bits per heavy atom. The molecule has 0 fully saturated rings. The van der Waals surface area contributed by atoms with Crippen LogP contribution < -0.4 is 0 Å². The van der Waals surface area contributed by atoms with Gasteiger partial charge < -0.3 is 0 Å². The quantitative estimate of drug-likeness (QED) is 0.622. The molecule has 0 aliphatic carbocycles. The summed E-state index contributed by atoms with van der Waals surface area (Å²) in [6.45, 7) is 4.19. The van der Waals surface area contributed by atoms with Crippen LogP contribution in [0.1, 0.15) is 37.3 Å². The van der Waals surface area contributed by atoms with Crippen molar-refractivity contribution < 1.29 is 5.11 Å². The molecule has 1 aromatic carbocycles. The Kier molecular flexibility index (Phi) is 3.81. The molecule has 0 atom stereocenters. The Morgan fingerprint density at radius 2 is 2.00 bits per heavy atom. The number of hydrogen-bond acceptors (Lipinski definition) is 0. The van der Waals surface area contributed by atoms with Gasteiger partial charge in [-0.15, -0.1) is 0 Å². The lowest BCUT2D eigenvalue weighted by Crippen LogP contribution is -1.89. The molecule has 1 heteroatoms. The van der Waals surface area contributed by atoms with Gasteiger partial charge in [0.05, 0.1) is 0 Å². The molecule has 1 nitrogen and oxygen atoms in total. The Hall–Kier alpha value is -0.980. The molecule has 71 valence electrons. The summed E-state index contributed by atoms with van der Waals surface area (Å²) in [4.78, 5) is 0. The molecule has 0 aliphatic rings. The SMILES string of the molecule is CCCCCc1c(C)cccc1[O]. The highest BCUT2D eigenvalue weighted by atomic mass is 16.3. The van der Waals surface area contributed by atoms with Crippen molar-refractivity contribution in [3.05, 3.63) is 29.3 Å². The summed E-state index contributed by atoms with van der Waals surface area (Å²) in [6.07, 6.45) is 4.50. The first-order valence-electron chi connectivity index (χ1n) is 5.01. The van der Waals surface area contributed by atoms with Crippen LogP contribution in [0.2, 0.25) is 0 Å². The zero-order valence-corrected chi connectivity index (χ0v) is 8.47. The van der Waals surface area contributed by atoms with Crippen LogP contribution in [0.4, 0.5) is 0 Å². The van der Waals surface area contributed by atoms with Gasteiger partial charge in [-0.25, -0.2) is 0 Å². The van der Waals surface area contributed by atoms with Crippen LogP contribution in [0.3, 0.4) is 0 Å². The van der Waals surface area contributed by atoms with Crippen LogP contribution >= 0.6 is 0 Å². The molecule has 1 rings (SSSR count). The lowest BCUT2D eigenvalue weighted by atomic mass is 10.0. The van der Waals surface area contributed by atoms with Crippen LogP contribution in [0.5, 0.6) is 5.75 Å². The molecule has 0 spiro atoms. The summed E-state index contributed by atoms with van der Waals surface area (Å²) < 4.78 is 0. The van der Waals surface area contributed by atoms with Crippen molar-refractivity contribution in [3.63, 3.8) is 0 Å². The molecule has 0 aliphatic heterocycles. The summed E-state index contributed by atoms with van der Waals surface area (Å²) in [5, 5.41) is 11.4. The van der Waals surface area contributed by atoms with Crippen molar-refractivity contribution in [3.8, 4) is 5.75 Å². The Balaban J connectivity index is 2.64. The van der Waals surface area contributed by atoms with Gasteiger partial charge in [0, 0.05) is 5.56 Å². The van der Waals surface area contributed by atoms with E-state index in [1.165, 1.54) is 12.8 Å². The van der Waals surface area contributed by atoms with Crippen LogP contribution in [0.15, 0.2) is 18.2 Å². The van der Waals surface area contributed by atoms with E-state index in [0.717, 1.165) is 24.0 Å². The summed E-state index contributed by atoms with van der Waals surface area (Å²) in [6, 6.07) is 5.51. The van der Waals surface area contributed by atoms with E-state index in [9.17, 15) is 5.11 Å². The topological polar surface area (TPSA) is 19.9 Å². The van der Waals surface area contributed by atoms with Crippen molar-refractivity contribution in [2.24, 2.45) is 0 Å². The van der Waals surface area contributed by atoms with E-state index < -0.39 is 0 Å². The van der Waals surface area contributed by atoms with Crippen molar-refractivity contribution in [2.45, 2.75) is 39.5 Å². The number of unbranched alkanes of at least 4 members (excludes halogenated alkanes) is 2. The molecule has 13 heavy (non-hydrogen) atoms. The van der Waals surface area contributed by atoms with Gasteiger partial charge in [-0.3, -0.25) is 5.11 Å². The van der Waals surface area contributed by atoms with Crippen molar-refractivity contribution >= 4 is 0 Å². The monoisotopic (exact) mass is 177 g/mol. The van der Waals surface area contributed by atoms with Gasteiger partial charge in [0.25, 0.3) is 0 Å². The predicted octanol–water partition coefficient (Wildman–Crippen LogP) is 3.87. The molecule has 0 unspecified atom stereocenters. The van der Waals surface area contributed by atoms with Crippen molar-refractivity contribution in [2.75, 3.05) is 0 Å². The first-order chi connectivity index (χ1) is 6.25. The first kappa shape index (κ1) is 10.1. The minimum Gasteiger partial charge on any atom is -0.290 e. The number of rotatable bonds is 4. The zero-order valence-electron chi connectivity index (χ0n) is 8.47. The fraction of sp³-hybridized carbons (Fsp3) is 0.500. The van der Waals surface area contributed by atoms with Gasteiger partial charge in [-0.1, -0.05) is 31.9 Å². The maximum atomic E-state index is 11.4. The molecule has 0 saturated heterocycles. The molecule has 0 saturated carbocycles. The van der Waals surface area contributed by atoms with E-state index >= 15 is 0 Å². The third-order valence-electron chi connectivity index (χ3n) is 2.40. The second kappa shape index (κ2) is 4.90. The molecule has 1 radical (unpaired) electrons. The van der Waals surface area contributed by atoms with Crippen molar-refractivity contribution in [1.29, 1.82) is 0 Å². The largest absolute Gasteiger partial charge is 0.290 e. The number of aryl methyl sites for hydroxylation is 1. The van der Waals surface area contributed by atoms with Crippen LogP contribution in [0.25, 0.3) is 0 Å². The van der Waals surface area contributed by atoms with E-state index in [1.54, 1.807) is 6.07 Å². The highest BCUT2D eigenvalue weighted by Gasteiger charge is 2.04. The van der Waals surface area contributed by atoms with E-state index in [0.29, 0.717) is 0 Å². The van der Waals surface area contributed by atoms with E-state index in [-0.39, 0.29) is 5.75 Å². The zero-order chi connectivity index (χ0) is 9.68. The van der Waals surface area contributed by atoms with Gasteiger partial charge in [-0.2, -0.15) is 0 Å². The van der Waals surface area contributed by atoms with Crippen LogP contribution in [-0.2, 0) is 11.5 Å². The number of hydrogen-bond donors (Lipinski definition) is 0. The average Bonchev–Trinajstić information content (AvgIpc) is 2.10. The highest BCUT2D eigenvalue weighted by Crippen LogP contribution is 2.23. The molecular formula is C12H17O. The molecule has 0 aromatic heterocycles. The minimum atomic E-state index is 0.205. The fourth-order valence-electron chi connectivity index (χ4n) is 1.55. The van der Waals surface area contributed by atoms with E-state index in [2.05, 4.69) is 6.92 Å². The van der Waals surface area contributed by atoms with Crippen molar-refractivity contribution in [1.82, 2.24) is 0 Å². The fourth-order valence-corrected chi connectivity index (χ4v) is 1.55. The predicted molar refractivity (Wildman–Crippen MR) is 54.5 cm³/mol. The van der Waals surface area contributed by atoms with E-state index in [1.807, 2.05) is 19.1 Å². The maximum Gasteiger partial charge on any atom is 0.182 e. The Labute approximate surface area is 80.4 Å². The lowest BCUT2D eigenvalue weighted by Gasteiger charge is -2.05.